The van der Waals surface area contributed by atoms with E-state index in [4.69, 9.17) is 28.2 Å². The number of rotatable bonds is 5. The summed E-state index contributed by atoms with van der Waals surface area (Å²) in [6, 6.07) is 13.7. The van der Waals surface area contributed by atoms with Gasteiger partial charge >= 0.3 is 0 Å². The molecule has 1 amide bonds. The van der Waals surface area contributed by atoms with Gasteiger partial charge in [-0.1, -0.05) is 41.8 Å². The number of hydrogen-bond donors (Lipinski definition) is 1. The van der Waals surface area contributed by atoms with Crippen molar-refractivity contribution in [2.24, 2.45) is 0 Å². The Kier molecular flexibility index (Phi) is 7.12. The topological polar surface area (TPSA) is 53.4 Å². The maximum atomic E-state index is 13.3. The third-order valence-electron chi connectivity index (χ3n) is 6.42. The number of nitrogens with zero attached hydrogens (tertiary/aromatic N) is 4. The molecule has 1 fully saturated rings. The molecular weight excluding hydrogens is 501 g/mol. The summed E-state index contributed by atoms with van der Waals surface area (Å²) in [6.07, 6.45) is 5.43. The summed E-state index contributed by atoms with van der Waals surface area (Å²) in [4.78, 5) is 20.3. The van der Waals surface area contributed by atoms with Crippen molar-refractivity contribution < 1.29 is 4.79 Å². The molecule has 1 unspecified atom stereocenters. The lowest BCUT2D eigenvalue weighted by atomic mass is 10.1. The van der Waals surface area contributed by atoms with Crippen LogP contribution in [-0.2, 0) is 0 Å². The van der Waals surface area contributed by atoms with Crippen LogP contribution in [0.3, 0.4) is 0 Å². The Bertz CT molecular complexity index is 1270. The second-order valence-corrected chi connectivity index (χ2v) is 10.7. The third-order valence-corrected chi connectivity index (χ3v) is 8.11. The molecule has 0 saturated carbocycles. The maximum absolute atomic E-state index is 13.3. The first-order valence-corrected chi connectivity index (χ1v) is 13.4. The van der Waals surface area contributed by atoms with Gasteiger partial charge in [-0.3, -0.25) is 14.8 Å². The van der Waals surface area contributed by atoms with Gasteiger partial charge in [-0.05, 0) is 61.1 Å². The summed E-state index contributed by atoms with van der Waals surface area (Å²) in [7, 11) is 2.07. The fourth-order valence-corrected chi connectivity index (χ4v) is 6.05. The van der Waals surface area contributed by atoms with Crippen LogP contribution in [0.5, 0.6) is 0 Å². The lowest BCUT2D eigenvalue weighted by Gasteiger charge is -2.26. The van der Waals surface area contributed by atoms with E-state index in [0.717, 1.165) is 42.9 Å². The van der Waals surface area contributed by atoms with E-state index in [-0.39, 0.29) is 11.3 Å². The number of hydrogen-bond acceptors (Lipinski definition) is 5. The molecule has 0 spiro atoms. The lowest BCUT2D eigenvalue weighted by molar-refractivity contribution is 0.0744. The van der Waals surface area contributed by atoms with E-state index in [0.29, 0.717) is 21.6 Å². The predicted molar refractivity (Wildman–Crippen MR) is 144 cm³/mol. The number of hydrazine groups is 1. The number of benzene rings is 2. The normalized spacial score (nSPS) is 18.3. The van der Waals surface area contributed by atoms with Crippen LogP contribution < -0.4 is 5.43 Å². The Morgan fingerprint density at radius 3 is 2.49 bits per heavy atom. The molecule has 1 saturated heterocycles. The van der Waals surface area contributed by atoms with Gasteiger partial charge in [0.05, 0.1) is 10.7 Å². The van der Waals surface area contributed by atoms with Gasteiger partial charge < -0.3 is 4.90 Å². The molecule has 2 aliphatic rings. The fraction of sp³-hybridized carbons (Fsp3) is 0.308. The minimum atomic E-state index is -0.207. The van der Waals surface area contributed by atoms with Crippen molar-refractivity contribution in [2.45, 2.75) is 31.6 Å². The summed E-state index contributed by atoms with van der Waals surface area (Å²) in [5.74, 6) is 0.399. The predicted octanol–water partition coefficient (Wildman–Crippen LogP) is 6.43. The summed E-state index contributed by atoms with van der Waals surface area (Å²) in [5, 5.41) is 5.37. The second kappa shape index (κ2) is 10.3. The number of halogens is 2. The molecule has 1 aromatic heterocycles. The summed E-state index contributed by atoms with van der Waals surface area (Å²) < 4.78 is 1.99. The zero-order valence-corrected chi connectivity index (χ0v) is 22.0. The largest absolute Gasteiger partial charge is 0.364 e. The fourth-order valence-electron chi connectivity index (χ4n) is 4.57. The molecule has 0 bridgehead atoms. The van der Waals surface area contributed by atoms with Crippen LogP contribution in [0.25, 0.3) is 17.1 Å². The average molecular weight is 529 g/mol. The number of thioether (sulfide) groups is 1. The molecule has 2 aromatic carbocycles. The summed E-state index contributed by atoms with van der Waals surface area (Å²) >= 11 is 14.5. The van der Waals surface area contributed by atoms with E-state index >= 15 is 0 Å². The molecular formula is C26H27Cl2N5OS. The molecule has 3 aromatic rings. The first-order chi connectivity index (χ1) is 16.9. The van der Waals surface area contributed by atoms with Crippen molar-refractivity contribution in [1.82, 2.24) is 24.9 Å². The number of amides is 1. The number of carbonyl (C=O) groups is 1. The van der Waals surface area contributed by atoms with Crippen molar-refractivity contribution in [2.75, 3.05) is 20.1 Å². The van der Waals surface area contributed by atoms with Crippen molar-refractivity contribution >= 4 is 40.9 Å². The SMILES string of the molecule is Cc1c(C(=O)NN2CCCCC2)nc(-c2ccc(Cl)cc2Cl)n1-c1ccc(C2SC=CN2C)cc1. The number of imidazole rings is 1. The smallest absolute Gasteiger partial charge is 0.286 e. The standard InChI is InChI=1S/C26H27Cl2N5OS/c1-17-23(25(34)30-32-12-4-3-5-13-32)29-24(21-11-8-19(27)16-22(21)28)33(17)20-9-6-18(7-10-20)26-31(2)14-15-35-26/h6-11,14-16,26H,3-5,12-13H2,1-2H3,(H,30,34). The van der Waals surface area contributed by atoms with Crippen molar-refractivity contribution in [3.05, 3.63) is 81.1 Å². The summed E-state index contributed by atoms with van der Waals surface area (Å²) in [5.41, 5.74) is 7.02. The zero-order chi connectivity index (χ0) is 24.5. The second-order valence-electron chi connectivity index (χ2n) is 8.85. The van der Waals surface area contributed by atoms with Gasteiger partial charge in [0.25, 0.3) is 5.91 Å². The Morgan fingerprint density at radius 1 is 1.09 bits per heavy atom. The van der Waals surface area contributed by atoms with Crippen LogP contribution in [-0.4, -0.2) is 45.5 Å². The van der Waals surface area contributed by atoms with Gasteiger partial charge in [0, 0.05) is 42.6 Å². The highest BCUT2D eigenvalue weighted by atomic mass is 35.5. The van der Waals surface area contributed by atoms with Crippen LogP contribution in [0.2, 0.25) is 10.0 Å². The monoisotopic (exact) mass is 527 g/mol. The zero-order valence-electron chi connectivity index (χ0n) is 19.7. The molecule has 0 aliphatic carbocycles. The van der Waals surface area contributed by atoms with Crippen LogP contribution in [0, 0.1) is 6.92 Å². The average Bonchev–Trinajstić information content (AvgIpc) is 3.43. The highest BCUT2D eigenvalue weighted by Gasteiger charge is 2.25. The Balaban J connectivity index is 1.55. The minimum absolute atomic E-state index is 0.207. The molecule has 2 aliphatic heterocycles. The number of aromatic nitrogens is 2. The molecule has 3 heterocycles. The first kappa shape index (κ1) is 24.3. The highest BCUT2D eigenvalue weighted by molar-refractivity contribution is 8.02. The van der Waals surface area contributed by atoms with Crippen molar-refractivity contribution in [3.63, 3.8) is 0 Å². The van der Waals surface area contributed by atoms with Gasteiger partial charge in [0.2, 0.25) is 0 Å². The molecule has 182 valence electrons. The number of piperidine rings is 1. The van der Waals surface area contributed by atoms with E-state index in [1.165, 1.54) is 12.0 Å². The summed E-state index contributed by atoms with van der Waals surface area (Å²) in [6.45, 7) is 3.63. The first-order valence-electron chi connectivity index (χ1n) is 11.7. The maximum Gasteiger partial charge on any atom is 0.286 e. The Labute approximate surface area is 219 Å². The minimum Gasteiger partial charge on any atom is -0.364 e. The van der Waals surface area contributed by atoms with Crippen LogP contribution in [0.1, 0.15) is 46.4 Å². The molecule has 5 rings (SSSR count). The van der Waals surface area contributed by atoms with Gasteiger partial charge in [-0.2, -0.15) is 0 Å². The highest BCUT2D eigenvalue weighted by Crippen LogP contribution is 2.38. The van der Waals surface area contributed by atoms with E-state index < -0.39 is 0 Å². The van der Waals surface area contributed by atoms with Crippen LogP contribution in [0.4, 0.5) is 0 Å². The third kappa shape index (κ3) is 4.96. The van der Waals surface area contributed by atoms with Gasteiger partial charge in [-0.25, -0.2) is 9.99 Å². The van der Waals surface area contributed by atoms with E-state index in [1.807, 2.05) is 22.6 Å². The Hall–Kier alpha value is -2.45. The molecule has 9 heteroatoms. The van der Waals surface area contributed by atoms with Crippen molar-refractivity contribution in [3.8, 4) is 17.1 Å². The lowest BCUT2D eigenvalue weighted by Crippen LogP contribution is -2.45. The van der Waals surface area contributed by atoms with Gasteiger partial charge in [-0.15, -0.1) is 11.8 Å². The van der Waals surface area contributed by atoms with Gasteiger partial charge in [0.15, 0.2) is 5.69 Å². The molecule has 1 atom stereocenters. The van der Waals surface area contributed by atoms with E-state index in [9.17, 15) is 4.79 Å². The van der Waals surface area contributed by atoms with Gasteiger partial charge in [0.1, 0.15) is 11.2 Å². The Morgan fingerprint density at radius 2 is 1.83 bits per heavy atom. The van der Waals surface area contributed by atoms with E-state index in [2.05, 4.69) is 53.2 Å². The van der Waals surface area contributed by atoms with E-state index in [1.54, 1.807) is 23.9 Å². The molecule has 6 nitrogen and oxygen atoms in total. The van der Waals surface area contributed by atoms with Crippen LogP contribution in [0.15, 0.2) is 54.1 Å². The molecule has 35 heavy (non-hydrogen) atoms. The molecule has 1 N–H and O–H groups in total. The van der Waals surface area contributed by atoms with Crippen LogP contribution >= 0.6 is 35.0 Å². The van der Waals surface area contributed by atoms with Crippen molar-refractivity contribution in [1.29, 1.82) is 0 Å². The quantitative estimate of drug-likeness (QED) is 0.414. The number of carbonyl (C=O) groups excluding carboxylic acids is 1. The molecule has 0 radical (unpaired) electrons. The number of nitrogens with one attached hydrogen (secondary N) is 1.